The van der Waals surface area contributed by atoms with E-state index in [2.05, 4.69) is 19.2 Å². The number of amides is 3. The van der Waals surface area contributed by atoms with Crippen LogP contribution in [0.2, 0.25) is 0 Å². The van der Waals surface area contributed by atoms with E-state index in [-0.39, 0.29) is 42.1 Å². The molecule has 0 aromatic carbocycles. The first kappa shape index (κ1) is 13.1. The van der Waals surface area contributed by atoms with Crippen molar-refractivity contribution in [2.24, 2.45) is 11.3 Å². The van der Waals surface area contributed by atoms with Gasteiger partial charge in [-0.1, -0.05) is 26.7 Å². The van der Waals surface area contributed by atoms with E-state index in [1.54, 1.807) is 0 Å². The minimum absolute atomic E-state index is 0.0111. The number of carbonyl (C=O) groups excluding carboxylic acids is 3. The minimum Gasteiger partial charge on any atom is -0.324 e. The van der Waals surface area contributed by atoms with Crippen molar-refractivity contribution in [3.63, 3.8) is 0 Å². The van der Waals surface area contributed by atoms with E-state index in [9.17, 15) is 14.4 Å². The van der Waals surface area contributed by atoms with E-state index in [1.807, 2.05) is 0 Å². The van der Waals surface area contributed by atoms with Gasteiger partial charge in [-0.05, 0) is 18.3 Å². The van der Waals surface area contributed by atoms with Gasteiger partial charge in [0.25, 0.3) is 0 Å². The number of piperazine rings is 1. The van der Waals surface area contributed by atoms with Crippen molar-refractivity contribution in [3.05, 3.63) is 0 Å². The van der Waals surface area contributed by atoms with Gasteiger partial charge in [-0.2, -0.15) is 0 Å². The minimum atomic E-state index is -0.381. The number of nitrogens with zero attached hydrogens (tertiary/aromatic N) is 1. The Hall–Kier alpha value is -1.39. The van der Waals surface area contributed by atoms with Gasteiger partial charge in [0.15, 0.2) is 0 Å². The van der Waals surface area contributed by atoms with Gasteiger partial charge in [-0.25, -0.2) is 0 Å². The van der Waals surface area contributed by atoms with Crippen molar-refractivity contribution in [3.8, 4) is 0 Å². The van der Waals surface area contributed by atoms with Crippen molar-refractivity contribution < 1.29 is 14.4 Å². The van der Waals surface area contributed by atoms with E-state index in [1.165, 1.54) is 4.90 Å². The van der Waals surface area contributed by atoms with Crippen LogP contribution in [0.1, 0.15) is 39.5 Å². The average molecular weight is 252 g/mol. The van der Waals surface area contributed by atoms with Gasteiger partial charge < -0.3 is 4.90 Å². The third-order valence-electron chi connectivity index (χ3n) is 4.06. The molecule has 5 heteroatoms. The Morgan fingerprint density at radius 3 is 2.39 bits per heavy atom. The first-order chi connectivity index (χ1) is 8.40. The molecule has 1 N–H and O–H groups in total. The molecule has 18 heavy (non-hydrogen) atoms. The quantitative estimate of drug-likeness (QED) is 0.698. The molecule has 2 fully saturated rings. The monoisotopic (exact) mass is 252 g/mol. The number of imide groups is 1. The molecule has 0 aromatic rings. The molecule has 2 aliphatic rings. The van der Waals surface area contributed by atoms with Crippen LogP contribution in [0.5, 0.6) is 0 Å². The summed E-state index contributed by atoms with van der Waals surface area (Å²) in [4.78, 5) is 36.5. The summed E-state index contributed by atoms with van der Waals surface area (Å²) < 4.78 is 0. The topological polar surface area (TPSA) is 66.5 Å². The predicted molar refractivity (Wildman–Crippen MR) is 65.5 cm³/mol. The molecule has 1 aliphatic carbocycles. The van der Waals surface area contributed by atoms with E-state index in [0.717, 1.165) is 25.7 Å². The highest BCUT2D eigenvalue weighted by Gasteiger charge is 2.40. The predicted octanol–water partition coefficient (Wildman–Crippen LogP) is 0.688. The molecule has 1 saturated carbocycles. The lowest BCUT2D eigenvalue weighted by Crippen LogP contribution is -2.56. The first-order valence-corrected chi connectivity index (χ1v) is 6.51. The number of carbonyl (C=O) groups is 3. The number of rotatable bonds is 1. The van der Waals surface area contributed by atoms with Crippen molar-refractivity contribution >= 4 is 17.7 Å². The molecule has 1 aliphatic heterocycles. The standard InChI is InChI=1S/C13H20N2O3/c1-13(2)6-4-3-5-9(13)12(18)15-7-10(16)14-11(17)8-15/h9H,3-8H2,1-2H3,(H,14,16,17). The fourth-order valence-electron chi connectivity index (χ4n) is 2.97. The largest absolute Gasteiger partial charge is 0.324 e. The van der Waals surface area contributed by atoms with Gasteiger partial charge in [0.05, 0.1) is 0 Å². The van der Waals surface area contributed by atoms with Crippen LogP contribution in [0, 0.1) is 11.3 Å². The van der Waals surface area contributed by atoms with Gasteiger partial charge in [0.1, 0.15) is 13.1 Å². The maximum Gasteiger partial charge on any atom is 0.246 e. The summed E-state index contributed by atoms with van der Waals surface area (Å²) in [6.07, 6.45) is 4.08. The Kier molecular flexibility index (Phi) is 3.41. The summed E-state index contributed by atoms with van der Waals surface area (Å²) in [6, 6.07) is 0. The van der Waals surface area contributed by atoms with Crippen LogP contribution < -0.4 is 5.32 Å². The van der Waals surface area contributed by atoms with Crippen molar-refractivity contribution in [1.29, 1.82) is 0 Å². The lowest BCUT2D eigenvalue weighted by atomic mass is 9.68. The van der Waals surface area contributed by atoms with Crippen LogP contribution in [-0.4, -0.2) is 35.7 Å². The summed E-state index contributed by atoms with van der Waals surface area (Å²) in [6.45, 7) is 4.22. The molecule has 1 saturated heterocycles. The highest BCUT2D eigenvalue weighted by Crippen LogP contribution is 2.41. The van der Waals surface area contributed by atoms with Gasteiger partial charge in [0.2, 0.25) is 17.7 Å². The summed E-state index contributed by atoms with van der Waals surface area (Å²) in [7, 11) is 0. The Labute approximate surface area is 107 Å². The fourth-order valence-corrected chi connectivity index (χ4v) is 2.97. The second kappa shape index (κ2) is 4.71. The molecule has 3 amide bonds. The Bertz CT molecular complexity index is 374. The van der Waals surface area contributed by atoms with E-state index in [4.69, 9.17) is 0 Å². The molecule has 0 radical (unpaired) electrons. The van der Waals surface area contributed by atoms with Crippen molar-refractivity contribution in [2.45, 2.75) is 39.5 Å². The fraction of sp³-hybridized carbons (Fsp3) is 0.769. The molecule has 0 aromatic heterocycles. The summed E-state index contributed by atoms with van der Waals surface area (Å²) in [5.41, 5.74) is -0.0354. The number of nitrogens with one attached hydrogen (secondary N) is 1. The van der Waals surface area contributed by atoms with Crippen LogP contribution in [0.4, 0.5) is 0 Å². The van der Waals surface area contributed by atoms with Gasteiger partial charge in [-0.3, -0.25) is 19.7 Å². The normalized spacial score (nSPS) is 27.9. The molecule has 1 unspecified atom stereocenters. The molecule has 2 rings (SSSR count). The summed E-state index contributed by atoms with van der Waals surface area (Å²) in [5, 5.41) is 2.22. The Morgan fingerprint density at radius 2 is 1.83 bits per heavy atom. The average Bonchev–Trinajstić information content (AvgIpc) is 2.26. The molecular weight excluding hydrogens is 232 g/mol. The van der Waals surface area contributed by atoms with Gasteiger partial charge in [0, 0.05) is 5.92 Å². The highest BCUT2D eigenvalue weighted by molar-refractivity contribution is 6.02. The molecular formula is C13H20N2O3. The molecule has 1 heterocycles. The van der Waals surface area contributed by atoms with Gasteiger partial charge >= 0.3 is 0 Å². The zero-order chi connectivity index (χ0) is 13.3. The second-order valence-electron chi connectivity index (χ2n) is 5.95. The zero-order valence-electron chi connectivity index (χ0n) is 11.0. The van der Waals surface area contributed by atoms with Crippen LogP contribution >= 0.6 is 0 Å². The molecule has 1 atom stereocenters. The van der Waals surface area contributed by atoms with Gasteiger partial charge in [-0.15, -0.1) is 0 Å². The van der Waals surface area contributed by atoms with Crippen LogP contribution in [0.25, 0.3) is 0 Å². The van der Waals surface area contributed by atoms with Crippen LogP contribution in [0.3, 0.4) is 0 Å². The third kappa shape index (κ3) is 2.54. The number of hydrogen-bond acceptors (Lipinski definition) is 3. The zero-order valence-corrected chi connectivity index (χ0v) is 11.0. The van der Waals surface area contributed by atoms with E-state index >= 15 is 0 Å². The van der Waals surface area contributed by atoms with Crippen LogP contribution in [0.15, 0.2) is 0 Å². The SMILES string of the molecule is CC1(C)CCCCC1C(=O)N1CC(=O)NC(=O)C1. The maximum absolute atomic E-state index is 12.5. The molecule has 0 spiro atoms. The third-order valence-corrected chi connectivity index (χ3v) is 4.06. The molecule has 0 bridgehead atoms. The lowest BCUT2D eigenvalue weighted by molar-refractivity contribution is -0.151. The van der Waals surface area contributed by atoms with Crippen molar-refractivity contribution in [1.82, 2.24) is 10.2 Å². The van der Waals surface area contributed by atoms with Crippen LogP contribution in [-0.2, 0) is 14.4 Å². The van der Waals surface area contributed by atoms with E-state index in [0.29, 0.717) is 0 Å². The Morgan fingerprint density at radius 1 is 1.22 bits per heavy atom. The number of hydrogen-bond donors (Lipinski definition) is 1. The highest BCUT2D eigenvalue weighted by atomic mass is 16.2. The summed E-state index contributed by atoms with van der Waals surface area (Å²) in [5.74, 6) is -0.866. The molecule has 100 valence electrons. The van der Waals surface area contributed by atoms with E-state index < -0.39 is 0 Å². The smallest absolute Gasteiger partial charge is 0.246 e. The maximum atomic E-state index is 12.5. The summed E-state index contributed by atoms with van der Waals surface area (Å²) >= 11 is 0. The second-order valence-corrected chi connectivity index (χ2v) is 5.95. The van der Waals surface area contributed by atoms with Crippen molar-refractivity contribution in [2.75, 3.05) is 13.1 Å². The molecule has 5 nitrogen and oxygen atoms in total. The first-order valence-electron chi connectivity index (χ1n) is 6.51. The Balaban J connectivity index is 2.10. The lowest BCUT2D eigenvalue weighted by Gasteiger charge is -2.40.